The molecule has 1 amide bonds. The van der Waals surface area contributed by atoms with Crippen LogP contribution in [0.2, 0.25) is 0 Å². The van der Waals surface area contributed by atoms with Crippen molar-refractivity contribution >= 4 is 5.91 Å². The van der Waals surface area contributed by atoms with Gasteiger partial charge in [-0.25, -0.2) is 0 Å². The Bertz CT molecular complexity index is 642. The van der Waals surface area contributed by atoms with Crippen LogP contribution in [0.25, 0.3) is 0 Å². The molecular weight excluding hydrogens is 298 g/mol. The normalized spacial score (nSPS) is 12.2. The van der Waals surface area contributed by atoms with Crippen LogP contribution in [-0.2, 0) is 17.9 Å². The summed E-state index contributed by atoms with van der Waals surface area (Å²) >= 11 is 0. The Morgan fingerprint density at radius 1 is 1.12 bits per heavy atom. The minimum Gasteiger partial charge on any atom is -0.352 e. The van der Waals surface area contributed by atoms with Gasteiger partial charge in [-0.05, 0) is 30.3 Å². The van der Waals surface area contributed by atoms with Gasteiger partial charge in [0.25, 0.3) is 0 Å². The van der Waals surface area contributed by atoms with E-state index in [4.69, 9.17) is 5.73 Å². The van der Waals surface area contributed by atoms with Gasteiger partial charge in [0.15, 0.2) is 0 Å². The molecule has 0 saturated heterocycles. The van der Waals surface area contributed by atoms with E-state index in [9.17, 15) is 4.79 Å². The third kappa shape index (κ3) is 5.80. The van der Waals surface area contributed by atoms with Crippen molar-refractivity contribution in [2.45, 2.75) is 32.5 Å². The molecule has 0 heterocycles. The summed E-state index contributed by atoms with van der Waals surface area (Å²) in [6.45, 7) is 4.60. The molecule has 0 aromatic heterocycles. The summed E-state index contributed by atoms with van der Waals surface area (Å²) in [5.74, 6) is -0.0255. The van der Waals surface area contributed by atoms with Crippen molar-refractivity contribution in [2.24, 2.45) is 5.73 Å². The average molecular weight is 325 g/mol. The van der Waals surface area contributed by atoms with E-state index >= 15 is 0 Å². The fraction of sp³-hybridized carbons (Fsp3) is 0.350. The van der Waals surface area contributed by atoms with Crippen molar-refractivity contribution in [2.75, 3.05) is 13.6 Å². The highest BCUT2D eigenvalue weighted by Crippen LogP contribution is 2.13. The van der Waals surface area contributed by atoms with Gasteiger partial charge in [-0.1, -0.05) is 61.5 Å². The summed E-state index contributed by atoms with van der Waals surface area (Å²) in [5, 5.41) is 2.96. The summed E-state index contributed by atoms with van der Waals surface area (Å²) in [6, 6.07) is 17.8. The van der Waals surface area contributed by atoms with E-state index in [1.165, 1.54) is 5.56 Å². The van der Waals surface area contributed by atoms with Crippen LogP contribution >= 0.6 is 0 Å². The molecule has 24 heavy (non-hydrogen) atoms. The Kier molecular flexibility index (Phi) is 6.97. The number of amides is 1. The highest BCUT2D eigenvalue weighted by molar-refractivity contribution is 5.76. The number of benzene rings is 2. The fourth-order valence-corrected chi connectivity index (χ4v) is 2.55. The first-order valence-electron chi connectivity index (χ1n) is 8.42. The number of nitrogens with two attached hydrogens (primary N) is 1. The van der Waals surface area contributed by atoms with Gasteiger partial charge in [-0.15, -0.1) is 0 Å². The topological polar surface area (TPSA) is 58.4 Å². The number of hydrogen-bond donors (Lipinski definition) is 2. The van der Waals surface area contributed by atoms with Crippen LogP contribution in [0.4, 0.5) is 0 Å². The molecular formula is C20H27N3O. The standard InChI is InChI=1S/C20H27N3O/c1-3-23(2)15-17-9-7-8-16(12-17)14-22-20(24)13-19(21)18-10-5-4-6-11-18/h4-12,19H,3,13-15,21H2,1-2H3,(H,22,24). The smallest absolute Gasteiger partial charge is 0.222 e. The zero-order chi connectivity index (χ0) is 17.4. The molecule has 2 rings (SSSR count). The third-order valence-corrected chi connectivity index (χ3v) is 4.11. The van der Waals surface area contributed by atoms with Crippen molar-refractivity contribution in [3.8, 4) is 0 Å². The zero-order valence-electron chi connectivity index (χ0n) is 14.5. The highest BCUT2D eigenvalue weighted by atomic mass is 16.1. The van der Waals surface area contributed by atoms with Crippen LogP contribution in [0.5, 0.6) is 0 Å². The Morgan fingerprint density at radius 2 is 1.83 bits per heavy atom. The van der Waals surface area contributed by atoms with Crippen LogP contribution in [0.1, 0.15) is 36.1 Å². The van der Waals surface area contributed by atoms with Gasteiger partial charge in [-0.3, -0.25) is 4.79 Å². The van der Waals surface area contributed by atoms with Crippen LogP contribution in [0, 0.1) is 0 Å². The van der Waals surface area contributed by atoms with Gasteiger partial charge in [-0.2, -0.15) is 0 Å². The van der Waals surface area contributed by atoms with Gasteiger partial charge in [0.2, 0.25) is 5.91 Å². The maximum Gasteiger partial charge on any atom is 0.222 e. The molecule has 0 aliphatic rings. The molecule has 0 spiro atoms. The molecule has 0 aliphatic carbocycles. The number of hydrogen-bond acceptors (Lipinski definition) is 3. The Morgan fingerprint density at radius 3 is 2.54 bits per heavy atom. The van der Waals surface area contributed by atoms with Crippen molar-refractivity contribution in [1.29, 1.82) is 0 Å². The largest absolute Gasteiger partial charge is 0.352 e. The molecule has 2 aromatic carbocycles. The van der Waals surface area contributed by atoms with E-state index in [2.05, 4.69) is 36.3 Å². The molecule has 0 saturated carbocycles. The summed E-state index contributed by atoms with van der Waals surface area (Å²) in [6.07, 6.45) is 0.294. The minimum absolute atomic E-state index is 0.0255. The maximum absolute atomic E-state index is 12.1. The molecule has 0 bridgehead atoms. The van der Waals surface area contributed by atoms with E-state index in [0.717, 1.165) is 24.2 Å². The first-order chi connectivity index (χ1) is 11.6. The molecule has 4 nitrogen and oxygen atoms in total. The first-order valence-corrected chi connectivity index (χ1v) is 8.42. The molecule has 0 radical (unpaired) electrons. The van der Waals surface area contributed by atoms with Crippen LogP contribution < -0.4 is 11.1 Å². The van der Waals surface area contributed by atoms with Crippen molar-refractivity contribution in [1.82, 2.24) is 10.2 Å². The van der Waals surface area contributed by atoms with E-state index in [-0.39, 0.29) is 11.9 Å². The second kappa shape index (κ2) is 9.21. The second-order valence-corrected chi connectivity index (χ2v) is 6.15. The Balaban J connectivity index is 1.84. The van der Waals surface area contributed by atoms with Crippen molar-refractivity contribution < 1.29 is 4.79 Å². The SMILES string of the molecule is CCN(C)Cc1cccc(CNC(=O)CC(N)c2ccccc2)c1. The number of rotatable bonds is 8. The second-order valence-electron chi connectivity index (χ2n) is 6.15. The van der Waals surface area contributed by atoms with Crippen molar-refractivity contribution in [3.63, 3.8) is 0 Å². The maximum atomic E-state index is 12.1. The molecule has 1 unspecified atom stereocenters. The Hall–Kier alpha value is -2.17. The summed E-state index contributed by atoms with van der Waals surface area (Å²) in [7, 11) is 2.10. The van der Waals surface area contributed by atoms with Gasteiger partial charge >= 0.3 is 0 Å². The van der Waals surface area contributed by atoms with E-state index in [1.54, 1.807) is 0 Å². The van der Waals surface area contributed by atoms with Gasteiger partial charge in [0.05, 0.1) is 0 Å². The lowest BCUT2D eigenvalue weighted by Crippen LogP contribution is -2.27. The predicted molar refractivity (Wildman–Crippen MR) is 98.3 cm³/mol. The molecule has 4 heteroatoms. The molecule has 1 atom stereocenters. The molecule has 2 aromatic rings. The fourth-order valence-electron chi connectivity index (χ4n) is 2.55. The van der Waals surface area contributed by atoms with E-state index in [1.807, 2.05) is 42.5 Å². The number of nitrogens with zero attached hydrogens (tertiary/aromatic N) is 1. The lowest BCUT2D eigenvalue weighted by molar-refractivity contribution is -0.121. The van der Waals surface area contributed by atoms with Gasteiger partial charge in [0.1, 0.15) is 0 Å². The van der Waals surface area contributed by atoms with Crippen LogP contribution in [0.15, 0.2) is 54.6 Å². The van der Waals surface area contributed by atoms with Crippen LogP contribution in [-0.4, -0.2) is 24.4 Å². The van der Waals surface area contributed by atoms with Gasteiger partial charge in [0, 0.05) is 25.6 Å². The first kappa shape index (κ1) is 18.2. The summed E-state index contributed by atoms with van der Waals surface area (Å²) in [4.78, 5) is 14.4. The van der Waals surface area contributed by atoms with E-state index < -0.39 is 0 Å². The lowest BCUT2D eigenvalue weighted by Gasteiger charge is -2.15. The quantitative estimate of drug-likeness (QED) is 0.784. The third-order valence-electron chi connectivity index (χ3n) is 4.11. The summed E-state index contributed by atoms with van der Waals surface area (Å²) < 4.78 is 0. The van der Waals surface area contributed by atoms with Gasteiger partial charge < -0.3 is 16.0 Å². The molecule has 0 aliphatic heterocycles. The van der Waals surface area contributed by atoms with E-state index in [0.29, 0.717) is 13.0 Å². The molecule has 128 valence electrons. The zero-order valence-corrected chi connectivity index (χ0v) is 14.5. The Labute approximate surface area is 144 Å². The predicted octanol–water partition coefficient (Wildman–Crippen LogP) is 2.84. The molecule has 3 N–H and O–H groups in total. The number of carbonyl (C=O) groups excluding carboxylic acids is 1. The summed E-state index contributed by atoms with van der Waals surface area (Å²) in [5.41, 5.74) is 9.44. The number of carbonyl (C=O) groups is 1. The molecule has 0 fully saturated rings. The monoisotopic (exact) mass is 325 g/mol. The van der Waals surface area contributed by atoms with Crippen molar-refractivity contribution in [3.05, 3.63) is 71.3 Å². The average Bonchev–Trinajstić information content (AvgIpc) is 2.61. The minimum atomic E-state index is -0.268. The lowest BCUT2D eigenvalue weighted by atomic mass is 10.0. The highest BCUT2D eigenvalue weighted by Gasteiger charge is 2.11. The number of nitrogens with one attached hydrogen (secondary N) is 1. The van der Waals surface area contributed by atoms with Crippen LogP contribution in [0.3, 0.4) is 0 Å².